The molecule has 0 unspecified atom stereocenters. The molecule has 0 fully saturated rings. The predicted octanol–water partition coefficient (Wildman–Crippen LogP) is 0.949. The molecule has 3 N–H and O–H groups in total. The van der Waals surface area contributed by atoms with E-state index in [2.05, 4.69) is 10.6 Å². The van der Waals surface area contributed by atoms with Gasteiger partial charge in [0.2, 0.25) is 5.91 Å². The van der Waals surface area contributed by atoms with Crippen LogP contribution in [-0.4, -0.2) is 29.7 Å². The fourth-order valence-electron chi connectivity index (χ4n) is 1.12. The minimum atomic E-state index is -1.04. The van der Waals surface area contributed by atoms with Gasteiger partial charge in [0.25, 0.3) is 0 Å². The van der Waals surface area contributed by atoms with E-state index in [1.165, 1.54) is 6.92 Å². The fraction of sp³-hybridized carbons (Fsp3) is 0.778. The van der Waals surface area contributed by atoms with Crippen molar-refractivity contribution < 1.29 is 14.7 Å². The third-order valence-electron chi connectivity index (χ3n) is 1.83. The van der Waals surface area contributed by atoms with Gasteiger partial charge in [0, 0.05) is 19.5 Å². The molecule has 0 bridgehead atoms. The summed E-state index contributed by atoms with van der Waals surface area (Å²) in [4.78, 5) is 21.0. The quantitative estimate of drug-likeness (QED) is 0.600. The summed E-state index contributed by atoms with van der Waals surface area (Å²) in [6, 6.07) is -0.184. The van der Waals surface area contributed by atoms with Crippen molar-refractivity contribution >= 4 is 12.0 Å². The molecule has 0 rings (SSSR count). The van der Waals surface area contributed by atoms with Gasteiger partial charge in [-0.15, -0.1) is 0 Å². The third-order valence-corrected chi connectivity index (χ3v) is 1.83. The molecule has 0 radical (unpaired) electrons. The van der Waals surface area contributed by atoms with Gasteiger partial charge in [-0.05, 0) is 6.42 Å². The number of unbranched alkanes of at least 4 members (excludes halogenated alkanes) is 1. The lowest BCUT2D eigenvalue weighted by Gasteiger charge is -2.16. The molecular weight excluding hydrogens is 184 g/mol. The first kappa shape index (κ1) is 12.7. The van der Waals surface area contributed by atoms with E-state index < -0.39 is 6.09 Å². The van der Waals surface area contributed by atoms with Crippen LogP contribution in [0, 0.1) is 0 Å². The van der Waals surface area contributed by atoms with Crippen molar-refractivity contribution in [2.75, 3.05) is 6.54 Å². The van der Waals surface area contributed by atoms with E-state index in [-0.39, 0.29) is 11.9 Å². The minimum Gasteiger partial charge on any atom is -0.465 e. The van der Waals surface area contributed by atoms with Crippen LogP contribution in [0.4, 0.5) is 4.79 Å². The standard InChI is InChI=1S/C9H18N2O3/c1-3-4-5-8(11-9(13)14)6-10-7(2)12/h8,11H,3-6H2,1-2H3,(H,10,12)(H,13,14)/t8-/m1/s1. The van der Waals surface area contributed by atoms with Gasteiger partial charge in [0.1, 0.15) is 0 Å². The molecule has 0 aliphatic carbocycles. The zero-order valence-electron chi connectivity index (χ0n) is 8.67. The second kappa shape index (κ2) is 7.17. The lowest BCUT2D eigenvalue weighted by atomic mass is 10.1. The van der Waals surface area contributed by atoms with E-state index in [1.807, 2.05) is 6.92 Å². The van der Waals surface area contributed by atoms with Crippen molar-refractivity contribution in [3.8, 4) is 0 Å². The van der Waals surface area contributed by atoms with Crippen LogP contribution < -0.4 is 10.6 Å². The van der Waals surface area contributed by atoms with E-state index >= 15 is 0 Å². The van der Waals surface area contributed by atoms with Gasteiger partial charge >= 0.3 is 6.09 Å². The van der Waals surface area contributed by atoms with E-state index in [9.17, 15) is 9.59 Å². The maximum Gasteiger partial charge on any atom is 0.404 e. The topological polar surface area (TPSA) is 78.4 Å². The van der Waals surface area contributed by atoms with Gasteiger partial charge in [-0.3, -0.25) is 4.79 Å². The molecule has 82 valence electrons. The SMILES string of the molecule is CCCC[C@H](CNC(C)=O)NC(=O)O. The summed E-state index contributed by atoms with van der Waals surface area (Å²) in [5.74, 6) is -0.140. The number of rotatable bonds is 6. The zero-order valence-corrected chi connectivity index (χ0v) is 8.67. The molecule has 0 heterocycles. The van der Waals surface area contributed by atoms with Crippen molar-refractivity contribution in [1.29, 1.82) is 0 Å². The Hall–Kier alpha value is -1.26. The van der Waals surface area contributed by atoms with Crippen LogP contribution in [0.3, 0.4) is 0 Å². The molecule has 0 saturated carbocycles. The summed E-state index contributed by atoms with van der Waals surface area (Å²) >= 11 is 0. The molecule has 0 aliphatic heterocycles. The van der Waals surface area contributed by atoms with Crippen LogP contribution in [0.5, 0.6) is 0 Å². The summed E-state index contributed by atoms with van der Waals surface area (Å²) in [7, 11) is 0. The van der Waals surface area contributed by atoms with Crippen LogP contribution >= 0.6 is 0 Å². The summed E-state index contributed by atoms with van der Waals surface area (Å²) in [6.07, 6.45) is 1.67. The zero-order chi connectivity index (χ0) is 11.0. The Morgan fingerprint density at radius 2 is 2.07 bits per heavy atom. The molecule has 0 spiro atoms. The number of hydrogen-bond donors (Lipinski definition) is 3. The Labute approximate surface area is 83.9 Å². The van der Waals surface area contributed by atoms with E-state index in [4.69, 9.17) is 5.11 Å². The van der Waals surface area contributed by atoms with E-state index in [1.54, 1.807) is 0 Å². The van der Waals surface area contributed by atoms with Crippen molar-refractivity contribution in [1.82, 2.24) is 10.6 Å². The van der Waals surface area contributed by atoms with Gasteiger partial charge in [0.05, 0.1) is 0 Å². The van der Waals surface area contributed by atoms with E-state index in [0.717, 1.165) is 19.3 Å². The highest BCUT2D eigenvalue weighted by molar-refractivity contribution is 5.73. The number of carbonyl (C=O) groups is 2. The fourth-order valence-corrected chi connectivity index (χ4v) is 1.12. The molecule has 0 aliphatic rings. The molecular formula is C9H18N2O3. The van der Waals surface area contributed by atoms with Crippen molar-refractivity contribution in [3.05, 3.63) is 0 Å². The van der Waals surface area contributed by atoms with Gasteiger partial charge in [0.15, 0.2) is 0 Å². The molecule has 0 saturated heterocycles. The predicted molar refractivity (Wildman–Crippen MR) is 53.2 cm³/mol. The Morgan fingerprint density at radius 1 is 1.43 bits per heavy atom. The van der Waals surface area contributed by atoms with Crippen molar-refractivity contribution in [2.24, 2.45) is 0 Å². The average Bonchev–Trinajstić information content (AvgIpc) is 2.09. The lowest BCUT2D eigenvalue weighted by molar-refractivity contribution is -0.119. The lowest BCUT2D eigenvalue weighted by Crippen LogP contribution is -2.42. The Balaban J connectivity index is 3.83. The van der Waals surface area contributed by atoms with Crippen molar-refractivity contribution in [2.45, 2.75) is 39.2 Å². The molecule has 0 aromatic rings. The third kappa shape index (κ3) is 7.39. The first-order valence-electron chi connectivity index (χ1n) is 4.80. The normalized spacial score (nSPS) is 11.9. The molecule has 2 amide bonds. The smallest absolute Gasteiger partial charge is 0.404 e. The van der Waals surface area contributed by atoms with Gasteiger partial charge in [-0.1, -0.05) is 19.8 Å². The first-order valence-corrected chi connectivity index (χ1v) is 4.80. The monoisotopic (exact) mass is 202 g/mol. The van der Waals surface area contributed by atoms with Crippen LogP contribution in [0.1, 0.15) is 33.1 Å². The second-order valence-electron chi connectivity index (χ2n) is 3.23. The summed E-state index contributed by atoms with van der Waals surface area (Å²) < 4.78 is 0. The summed E-state index contributed by atoms with van der Waals surface area (Å²) in [5.41, 5.74) is 0. The number of nitrogens with one attached hydrogen (secondary N) is 2. The Kier molecular flexibility index (Phi) is 6.53. The highest BCUT2D eigenvalue weighted by Crippen LogP contribution is 1.99. The Bertz CT molecular complexity index is 194. The largest absolute Gasteiger partial charge is 0.465 e. The van der Waals surface area contributed by atoms with Gasteiger partial charge in [-0.25, -0.2) is 4.79 Å². The van der Waals surface area contributed by atoms with Crippen LogP contribution in [-0.2, 0) is 4.79 Å². The molecule has 5 heteroatoms. The van der Waals surface area contributed by atoms with Gasteiger partial charge < -0.3 is 15.7 Å². The number of carbonyl (C=O) groups excluding carboxylic acids is 1. The van der Waals surface area contributed by atoms with Crippen LogP contribution in [0.15, 0.2) is 0 Å². The minimum absolute atomic E-state index is 0.140. The number of carboxylic acid groups (broad SMARTS) is 1. The van der Waals surface area contributed by atoms with Crippen LogP contribution in [0.25, 0.3) is 0 Å². The molecule has 1 atom stereocenters. The first-order chi connectivity index (χ1) is 6.56. The molecule has 0 aromatic carbocycles. The van der Waals surface area contributed by atoms with Crippen LogP contribution in [0.2, 0.25) is 0 Å². The maximum absolute atomic E-state index is 10.6. The summed E-state index contributed by atoms with van der Waals surface area (Å²) in [5, 5.41) is 13.5. The highest BCUT2D eigenvalue weighted by atomic mass is 16.4. The number of hydrogen-bond acceptors (Lipinski definition) is 2. The highest BCUT2D eigenvalue weighted by Gasteiger charge is 2.10. The van der Waals surface area contributed by atoms with Gasteiger partial charge in [-0.2, -0.15) is 0 Å². The Morgan fingerprint density at radius 3 is 2.50 bits per heavy atom. The molecule has 14 heavy (non-hydrogen) atoms. The summed E-state index contributed by atoms with van der Waals surface area (Å²) in [6.45, 7) is 3.81. The maximum atomic E-state index is 10.6. The van der Waals surface area contributed by atoms with Crippen molar-refractivity contribution in [3.63, 3.8) is 0 Å². The number of amides is 2. The van der Waals surface area contributed by atoms with E-state index in [0.29, 0.717) is 6.54 Å². The molecule has 5 nitrogen and oxygen atoms in total. The second-order valence-corrected chi connectivity index (χ2v) is 3.23. The molecule has 0 aromatic heterocycles. The average molecular weight is 202 g/mol.